The Balaban J connectivity index is 1.77. The van der Waals surface area contributed by atoms with Gasteiger partial charge in [0.2, 0.25) is 0 Å². The van der Waals surface area contributed by atoms with Gasteiger partial charge in [0.25, 0.3) is 0 Å². The van der Waals surface area contributed by atoms with Crippen LogP contribution in [-0.2, 0) is 6.54 Å². The molecular formula is C17H27N3. The number of nitrogens with zero attached hydrogens (tertiary/aromatic N) is 2. The molecule has 3 heteroatoms. The number of pyridine rings is 1. The monoisotopic (exact) mass is 273 g/mol. The molecule has 0 spiro atoms. The van der Waals surface area contributed by atoms with Crippen LogP contribution < -0.4 is 5.32 Å². The Morgan fingerprint density at radius 3 is 2.90 bits per heavy atom. The van der Waals surface area contributed by atoms with Crippen LogP contribution in [0.15, 0.2) is 18.3 Å². The number of hydrogen-bond acceptors (Lipinski definition) is 3. The lowest BCUT2D eigenvalue weighted by Crippen LogP contribution is -2.62. The number of nitrogens with one attached hydrogen (secondary N) is 1. The standard InChI is InChI=1S/C17H27N3/c1-4-17(3)12-20(16(10-19-17)14-7-8-14)11-15-13(2)6-5-9-18-15/h5-6,9,14,16,19H,4,7-8,10-12H2,1-3H3. The van der Waals surface area contributed by atoms with Gasteiger partial charge in [-0.2, -0.15) is 0 Å². The molecule has 0 bridgehead atoms. The highest BCUT2D eigenvalue weighted by Gasteiger charge is 2.41. The third-order valence-corrected chi connectivity index (χ3v) is 5.18. The topological polar surface area (TPSA) is 28.2 Å². The molecule has 3 rings (SSSR count). The highest BCUT2D eigenvalue weighted by atomic mass is 15.3. The van der Waals surface area contributed by atoms with E-state index in [0.717, 1.165) is 25.6 Å². The molecule has 2 aliphatic rings. The second-order valence-electron chi connectivity index (χ2n) is 6.87. The number of rotatable bonds is 4. The van der Waals surface area contributed by atoms with Gasteiger partial charge in [0.1, 0.15) is 0 Å². The molecule has 110 valence electrons. The molecule has 2 heterocycles. The molecule has 0 aromatic carbocycles. The van der Waals surface area contributed by atoms with Gasteiger partial charge in [-0.05, 0) is 50.7 Å². The Hall–Kier alpha value is -0.930. The molecule has 0 amide bonds. The summed E-state index contributed by atoms with van der Waals surface area (Å²) < 4.78 is 0. The van der Waals surface area contributed by atoms with Crippen LogP contribution in [0.25, 0.3) is 0 Å². The quantitative estimate of drug-likeness (QED) is 0.914. The highest BCUT2D eigenvalue weighted by Crippen LogP contribution is 2.38. The minimum atomic E-state index is 0.258. The zero-order valence-corrected chi connectivity index (χ0v) is 13.0. The predicted octanol–water partition coefficient (Wildman–Crippen LogP) is 2.74. The summed E-state index contributed by atoms with van der Waals surface area (Å²) in [6.45, 7) is 10.1. The molecule has 20 heavy (non-hydrogen) atoms. The summed E-state index contributed by atoms with van der Waals surface area (Å²) >= 11 is 0. The van der Waals surface area contributed by atoms with Crippen LogP contribution in [0.2, 0.25) is 0 Å². The van der Waals surface area contributed by atoms with Gasteiger partial charge in [-0.15, -0.1) is 0 Å². The van der Waals surface area contributed by atoms with Crippen LogP contribution in [0.5, 0.6) is 0 Å². The van der Waals surface area contributed by atoms with E-state index in [4.69, 9.17) is 0 Å². The van der Waals surface area contributed by atoms with Crippen LogP contribution in [0.3, 0.4) is 0 Å². The average molecular weight is 273 g/mol. The summed E-state index contributed by atoms with van der Waals surface area (Å²) in [5, 5.41) is 3.78. The van der Waals surface area contributed by atoms with Gasteiger partial charge in [-0.25, -0.2) is 0 Å². The van der Waals surface area contributed by atoms with Crippen molar-refractivity contribution in [1.29, 1.82) is 0 Å². The Morgan fingerprint density at radius 2 is 2.25 bits per heavy atom. The maximum atomic E-state index is 4.60. The largest absolute Gasteiger partial charge is 0.309 e. The minimum absolute atomic E-state index is 0.258. The van der Waals surface area contributed by atoms with Crippen LogP contribution in [0, 0.1) is 12.8 Å². The fraction of sp³-hybridized carbons (Fsp3) is 0.706. The average Bonchev–Trinajstić information content (AvgIpc) is 3.26. The Labute approximate surface area is 122 Å². The molecule has 1 aliphatic heterocycles. The zero-order chi connectivity index (χ0) is 14.2. The maximum absolute atomic E-state index is 4.60. The van der Waals surface area contributed by atoms with E-state index in [1.165, 1.54) is 30.5 Å². The van der Waals surface area contributed by atoms with Gasteiger partial charge in [0, 0.05) is 37.4 Å². The van der Waals surface area contributed by atoms with Crippen molar-refractivity contribution in [3.8, 4) is 0 Å². The van der Waals surface area contributed by atoms with Crippen molar-refractivity contribution in [2.45, 2.75) is 58.2 Å². The fourth-order valence-electron chi connectivity index (χ4n) is 3.33. The first-order chi connectivity index (χ1) is 9.61. The van der Waals surface area contributed by atoms with Crippen molar-refractivity contribution in [1.82, 2.24) is 15.2 Å². The fourth-order valence-corrected chi connectivity index (χ4v) is 3.33. The lowest BCUT2D eigenvalue weighted by atomic mass is 9.92. The van der Waals surface area contributed by atoms with Crippen molar-refractivity contribution < 1.29 is 0 Å². The zero-order valence-electron chi connectivity index (χ0n) is 13.0. The van der Waals surface area contributed by atoms with E-state index in [0.29, 0.717) is 6.04 Å². The van der Waals surface area contributed by atoms with Gasteiger partial charge in [-0.3, -0.25) is 9.88 Å². The van der Waals surface area contributed by atoms with Crippen molar-refractivity contribution in [2.75, 3.05) is 13.1 Å². The molecule has 1 N–H and O–H groups in total. The number of aromatic nitrogens is 1. The summed E-state index contributed by atoms with van der Waals surface area (Å²) in [4.78, 5) is 7.29. The molecule has 0 radical (unpaired) electrons. The van der Waals surface area contributed by atoms with Gasteiger partial charge in [0.15, 0.2) is 0 Å². The molecule has 1 saturated heterocycles. The van der Waals surface area contributed by atoms with Crippen LogP contribution >= 0.6 is 0 Å². The van der Waals surface area contributed by atoms with Crippen molar-refractivity contribution in [3.05, 3.63) is 29.6 Å². The Morgan fingerprint density at radius 1 is 1.45 bits per heavy atom. The predicted molar refractivity (Wildman–Crippen MR) is 82.6 cm³/mol. The van der Waals surface area contributed by atoms with E-state index < -0.39 is 0 Å². The van der Waals surface area contributed by atoms with Crippen LogP contribution in [0.4, 0.5) is 0 Å². The SMILES string of the molecule is CCC1(C)CN(Cc2ncccc2C)C(C2CC2)CN1. The molecule has 2 atom stereocenters. The summed E-state index contributed by atoms with van der Waals surface area (Å²) in [6.07, 6.45) is 5.93. The molecular weight excluding hydrogens is 246 g/mol. The second kappa shape index (κ2) is 5.45. The van der Waals surface area contributed by atoms with Crippen molar-refractivity contribution in [2.24, 2.45) is 5.92 Å². The summed E-state index contributed by atoms with van der Waals surface area (Å²) in [5.74, 6) is 0.910. The highest BCUT2D eigenvalue weighted by molar-refractivity contribution is 5.18. The van der Waals surface area contributed by atoms with Gasteiger partial charge < -0.3 is 5.32 Å². The Bertz CT molecular complexity index is 469. The first kappa shape index (κ1) is 14.0. The van der Waals surface area contributed by atoms with E-state index in [2.05, 4.69) is 42.0 Å². The van der Waals surface area contributed by atoms with Gasteiger partial charge >= 0.3 is 0 Å². The molecule has 1 aromatic heterocycles. The van der Waals surface area contributed by atoms with Crippen molar-refractivity contribution >= 4 is 0 Å². The van der Waals surface area contributed by atoms with E-state index in [1.54, 1.807) is 0 Å². The number of piperazine rings is 1. The smallest absolute Gasteiger partial charge is 0.0573 e. The van der Waals surface area contributed by atoms with E-state index in [-0.39, 0.29) is 5.54 Å². The third kappa shape index (κ3) is 2.89. The molecule has 1 aromatic rings. The van der Waals surface area contributed by atoms with Crippen molar-refractivity contribution in [3.63, 3.8) is 0 Å². The maximum Gasteiger partial charge on any atom is 0.0573 e. The number of aryl methyl sites for hydroxylation is 1. The van der Waals surface area contributed by atoms with E-state index >= 15 is 0 Å². The normalized spacial score (nSPS) is 31.4. The van der Waals surface area contributed by atoms with Crippen LogP contribution in [0.1, 0.15) is 44.4 Å². The first-order valence-corrected chi connectivity index (χ1v) is 8.01. The molecule has 2 fully saturated rings. The molecule has 1 aliphatic carbocycles. The summed E-state index contributed by atoms with van der Waals surface area (Å²) in [6, 6.07) is 4.91. The van der Waals surface area contributed by atoms with E-state index in [9.17, 15) is 0 Å². The van der Waals surface area contributed by atoms with Gasteiger partial charge in [-0.1, -0.05) is 13.0 Å². The second-order valence-corrected chi connectivity index (χ2v) is 6.87. The number of hydrogen-bond donors (Lipinski definition) is 1. The van der Waals surface area contributed by atoms with Crippen LogP contribution in [-0.4, -0.2) is 34.6 Å². The lowest BCUT2D eigenvalue weighted by Gasteiger charge is -2.46. The summed E-state index contributed by atoms with van der Waals surface area (Å²) in [7, 11) is 0. The first-order valence-electron chi connectivity index (χ1n) is 8.01. The molecule has 3 nitrogen and oxygen atoms in total. The van der Waals surface area contributed by atoms with E-state index in [1.807, 2.05) is 12.3 Å². The Kier molecular flexibility index (Phi) is 3.83. The third-order valence-electron chi connectivity index (χ3n) is 5.18. The lowest BCUT2D eigenvalue weighted by molar-refractivity contribution is 0.0650. The molecule has 2 unspecified atom stereocenters. The van der Waals surface area contributed by atoms with Gasteiger partial charge in [0.05, 0.1) is 5.69 Å². The summed E-state index contributed by atoms with van der Waals surface area (Å²) in [5.41, 5.74) is 2.82. The minimum Gasteiger partial charge on any atom is -0.309 e. The molecule has 1 saturated carbocycles.